The first kappa shape index (κ1) is 28.2. The highest BCUT2D eigenvalue weighted by Crippen LogP contribution is 2.25. The molecule has 2 aliphatic heterocycles. The molecule has 0 bridgehead atoms. The van der Waals surface area contributed by atoms with Crippen molar-refractivity contribution in [2.75, 3.05) is 39.4 Å². The number of hydrogen-bond acceptors (Lipinski definition) is 6. The van der Waals surface area contributed by atoms with Gasteiger partial charge in [0.2, 0.25) is 10.0 Å². The van der Waals surface area contributed by atoms with Crippen molar-refractivity contribution in [1.82, 2.24) is 14.5 Å². The molecule has 8 heteroatoms. The Labute approximate surface area is 232 Å². The molecule has 5 rings (SSSR count). The summed E-state index contributed by atoms with van der Waals surface area (Å²) in [5, 5.41) is 17.3. The maximum absolute atomic E-state index is 12.9. The molecule has 210 valence electrons. The van der Waals surface area contributed by atoms with E-state index in [1.165, 1.54) is 20.6 Å². The zero-order valence-electron chi connectivity index (χ0n) is 23.1. The fourth-order valence-electron chi connectivity index (χ4n) is 5.86. The molecule has 7 nitrogen and oxygen atoms in total. The van der Waals surface area contributed by atoms with E-state index in [1.807, 2.05) is 12.1 Å². The summed E-state index contributed by atoms with van der Waals surface area (Å²) < 4.78 is 32.6. The van der Waals surface area contributed by atoms with Crippen molar-refractivity contribution in [3.8, 4) is 0 Å². The average molecular weight is 552 g/mol. The Balaban J connectivity index is 1.16. The lowest BCUT2D eigenvalue weighted by atomic mass is 9.93. The smallest absolute Gasteiger partial charge is 0.243 e. The third-order valence-corrected chi connectivity index (χ3v) is 9.94. The molecule has 2 heterocycles. The van der Waals surface area contributed by atoms with Gasteiger partial charge in [-0.1, -0.05) is 54.6 Å². The van der Waals surface area contributed by atoms with Crippen LogP contribution in [0.2, 0.25) is 0 Å². The van der Waals surface area contributed by atoms with Crippen LogP contribution in [0.15, 0.2) is 71.6 Å². The molecule has 3 aromatic carbocycles. The van der Waals surface area contributed by atoms with Crippen LogP contribution in [-0.4, -0.2) is 79.8 Å². The number of ether oxygens (including phenoxy) is 1. The van der Waals surface area contributed by atoms with Gasteiger partial charge in [-0.3, -0.25) is 4.90 Å². The van der Waals surface area contributed by atoms with Crippen LogP contribution in [0.1, 0.15) is 37.8 Å². The fraction of sp³-hybridized carbons (Fsp3) is 0.484. The molecule has 2 unspecified atom stereocenters. The molecule has 3 aromatic rings. The van der Waals surface area contributed by atoms with Crippen molar-refractivity contribution in [3.63, 3.8) is 0 Å². The minimum absolute atomic E-state index is 0.0747. The summed E-state index contributed by atoms with van der Waals surface area (Å²) >= 11 is 0. The highest BCUT2D eigenvalue weighted by Gasteiger charge is 2.32. The Morgan fingerprint density at radius 3 is 2.41 bits per heavy atom. The average Bonchev–Trinajstić information content (AvgIpc) is 3.40. The Hall–Kier alpha value is -2.33. The van der Waals surface area contributed by atoms with Crippen LogP contribution in [0.3, 0.4) is 0 Å². The van der Waals surface area contributed by atoms with Crippen LogP contribution in [0.5, 0.6) is 0 Å². The first-order valence-corrected chi connectivity index (χ1v) is 15.5. The number of hydrogen-bond donors (Lipinski definition) is 2. The van der Waals surface area contributed by atoms with E-state index in [0.717, 1.165) is 31.4 Å². The van der Waals surface area contributed by atoms with Gasteiger partial charge in [0.15, 0.2) is 0 Å². The van der Waals surface area contributed by atoms with E-state index in [0.29, 0.717) is 44.3 Å². The van der Waals surface area contributed by atoms with Crippen molar-refractivity contribution in [3.05, 3.63) is 77.9 Å². The Morgan fingerprint density at radius 1 is 0.974 bits per heavy atom. The van der Waals surface area contributed by atoms with Crippen molar-refractivity contribution in [1.29, 1.82) is 0 Å². The van der Waals surface area contributed by atoms with Crippen LogP contribution in [0.4, 0.5) is 0 Å². The molecule has 0 spiro atoms. The van der Waals surface area contributed by atoms with Crippen LogP contribution in [0.25, 0.3) is 10.8 Å². The van der Waals surface area contributed by atoms with E-state index in [2.05, 4.69) is 66.5 Å². The number of β-amino-alcohol motifs (C(OH)–C–C–N with tert-alkyl or cyclic N) is 1. The van der Waals surface area contributed by atoms with Gasteiger partial charge in [-0.15, -0.1) is 0 Å². The monoisotopic (exact) mass is 551 g/mol. The minimum atomic E-state index is -3.49. The Kier molecular flexibility index (Phi) is 8.71. The number of sulfonamides is 1. The topological polar surface area (TPSA) is 82.1 Å². The number of likely N-dealkylation sites (tertiary alicyclic amines) is 1. The quantitative estimate of drug-likeness (QED) is 0.399. The van der Waals surface area contributed by atoms with Gasteiger partial charge in [0.25, 0.3) is 0 Å². The molecule has 2 aliphatic rings. The second-order valence-corrected chi connectivity index (χ2v) is 13.5. The minimum Gasteiger partial charge on any atom is -0.390 e. The van der Waals surface area contributed by atoms with Gasteiger partial charge in [0.05, 0.1) is 24.2 Å². The number of nitrogens with zero attached hydrogens (tertiary/aromatic N) is 2. The summed E-state index contributed by atoms with van der Waals surface area (Å²) in [5.41, 5.74) is 2.18. The molecule has 2 fully saturated rings. The largest absolute Gasteiger partial charge is 0.390 e. The number of benzene rings is 3. The molecule has 39 heavy (non-hydrogen) atoms. The van der Waals surface area contributed by atoms with E-state index < -0.39 is 16.1 Å². The second kappa shape index (κ2) is 12.0. The third-order valence-electron chi connectivity index (χ3n) is 8.02. The summed E-state index contributed by atoms with van der Waals surface area (Å²) in [6.45, 7) is 8.18. The van der Waals surface area contributed by atoms with E-state index in [-0.39, 0.29) is 11.6 Å². The standard InChI is InChI=1S/C31H41N3O4S/c1-31(2,21-25-9-12-26-6-3-4-7-27(26)20-25)32-22-30(35)29-8-5-15-33(29)23-24-10-13-28(14-11-24)39(36,37)34-16-18-38-19-17-34/h3-4,6-7,9-14,20,29-30,32,35H,5,8,15-19,21-23H2,1-2H3. The van der Waals surface area contributed by atoms with Crippen LogP contribution in [-0.2, 0) is 27.7 Å². The van der Waals surface area contributed by atoms with Crippen LogP contribution in [0, 0.1) is 0 Å². The lowest BCUT2D eigenvalue weighted by Gasteiger charge is -2.33. The first-order chi connectivity index (χ1) is 18.7. The SMILES string of the molecule is CC(C)(Cc1ccc2ccccc2c1)NCC(O)C1CCCN1Cc1ccc(S(=O)(=O)N2CCOCC2)cc1. The van der Waals surface area contributed by atoms with Gasteiger partial charge < -0.3 is 15.2 Å². The normalized spacial score (nSPS) is 20.4. The zero-order valence-corrected chi connectivity index (χ0v) is 23.9. The predicted molar refractivity (Wildman–Crippen MR) is 155 cm³/mol. The highest BCUT2D eigenvalue weighted by molar-refractivity contribution is 7.89. The van der Waals surface area contributed by atoms with E-state index in [9.17, 15) is 13.5 Å². The van der Waals surface area contributed by atoms with Crippen LogP contribution < -0.4 is 5.32 Å². The summed E-state index contributed by atoms with van der Waals surface area (Å²) in [7, 11) is -3.49. The van der Waals surface area contributed by atoms with Gasteiger partial charge in [0, 0.05) is 37.8 Å². The van der Waals surface area contributed by atoms with Crippen molar-refractivity contribution < 1.29 is 18.3 Å². The van der Waals surface area contributed by atoms with Gasteiger partial charge in [-0.25, -0.2) is 8.42 Å². The molecule has 2 saturated heterocycles. The van der Waals surface area contributed by atoms with E-state index in [1.54, 1.807) is 12.1 Å². The maximum Gasteiger partial charge on any atom is 0.243 e. The summed E-state index contributed by atoms with van der Waals surface area (Å²) in [4.78, 5) is 2.65. The number of aliphatic hydroxyl groups excluding tert-OH is 1. The molecular formula is C31H41N3O4S. The fourth-order valence-corrected chi connectivity index (χ4v) is 7.27. The maximum atomic E-state index is 12.9. The van der Waals surface area contributed by atoms with E-state index in [4.69, 9.17) is 4.74 Å². The summed E-state index contributed by atoms with van der Waals surface area (Å²) in [6.07, 6.45) is 2.39. The second-order valence-electron chi connectivity index (χ2n) is 11.5. The molecule has 2 N–H and O–H groups in total. The number of aliphatic hydroxyl groups is 1. The number of nitrogens with one attached hydrogen (secondary N) is 1. The molecule has 0 aliphatic carbocycles. The zero-order chi connectivity index (χ0) is 27.5. The van der Waals surface area contributed by atoms with Gasteiger partial charge in [0.1, 0.15) is 0 Å². The molecule has 0 radical (unpaired) electrons. The number of fused-ring (bicyclic) bond motifs is 1. The molecular weight excluding hydrogens is 510 g/mol. The molecule has 0 amide bonds. The van der Waals surface area contributed by atoms with Gasteiger partial charge >= 0.3 is 0 Å². The summed E-state index contributed by atoms with van der Waals surface area (Å²) in [6, 6.07) is 22.3. The third kappa shape index (κ3) is 6.88. The molecule has 0 saturated carbocycles. The lowest BCUT2D eigenvalue weighted by Crippen LogP contribution is -2.50. The van der Waals surface area contributed by atoms with Crippen molar-refractivity contribution in [2.24, 2.45) is 0 Å². The highest BCUT2D eigenvalue weighted by atomic mass is 32.2. The molecule has 0 aromatic heterocycles. The first-order valence-electron chi connectivity index (χ1n) is 14.0. The molecule has 2 atom stereocenters. The number of morpholine rings is 1. The van der Waals surface area contributed by atoms with Gasteiger partial charge in [-0.2, -0.15) is 4.31 Å². The lowest BCUT2D eigenvalue weighted by molar-refractivity contribution is 0.0633. The summed E-state index contributed by atoms with van der Waals surface area (Å²) in [5.74, 6) is 0. The van der Waals surface area contributed by atoms with E-state index >= 15 is 0 Å². The van der Waals surface area contributed by atoms with Crippen molar-refractivity contribution >= 4 is 20.8 Å². The number of rotatable bonds is 10. The van der Waals surface area contributed by atoms with Gasteiger partial charge in [-0.05, 0) is 73.7 Å². The Bertz CT molecular complexity index is 1350. The van der Waals surface area contributed by atoms with Crippen molar-refractivity contribution in [2.45, 2.75) is 62.2 Å². The predicted octanol–water partition coefficient (Wildman–Crippen LogP) is 3.80. The van der Waals surface area contributed by atoms with Crippen LogP contribution >= 0.6 is 0 Å². The Morgan fingerprint density at radius 2 is 1.67 bits per heavy atom.